The summed E-state index contributed by atoms with van der Waals surface area (Å²) in [4.78, 5) is 24.2. The van der Waals surface area contributed by atoms with E-state index in [1.165, 1.54) is 18.2 Å². The van der Waals surface area contributed by atoms with Crippen LogP contribution in [0.1, 0.15) is 37.4 Å². The van der Waals surface area contributed by atoms with E-state index in [9.17, 15) is 22.9 Å². The second kappa shape index (κ2) is 9.68. The van der Waals surface area contributed by atoms with Crippen LogP contribution >= 0.6 is 0 Å². The number of carbonyl (C=O) groups is 2. The minimum absolute atomic E-state index is 0.0483. The molecule has 0 radical (unpaired) electrons. The zero-order valence-electron chi connectivity index (χ0n) is 16.4. The SMILES string of the molecule is CC(NC(=O)CC(=O)Nc1ccc(C(=N)N)cc1)c1cccc([S+]([O-])C(C)(F)F)c1. The highest BCUT2D eigenvalue weighted by Gasteiger charge is 2.39. The van der Waals surface area contributed by atoms with Gasteiger partial charge in [-0.3, -0.25) is 15.0 Å². The maximum Gasteiger partial charge on any atom is 0.408 e. The van der Waals surface area contributed by atoms with Crippen LogP contribution in [0.3, 0.4) is 0 Å². The molecule has 0 spiro atoms. The van der Waals surface area contributed by atoms with Crippen LogP contribution in [0, 0.1) is 5.41 Å². The smallest absolute Gasteiger partial charge is 0.408 e. The van der Waals surface area contributed by atoms with Crippen molar-refractivity contribution in [2.24, 2.45) is 5.73 Å². The lowest BCUT2D eigenvalue weighted by molar-refractivity contribution is -0.127. The standard InChI is InChI=1S/C20H22F2N4O3S/c1-12(14-4-3-5-16(10-14)30(29)20(2,21)22)25-17(27)11-18(28)26-15-8-6-13(7-9-15)19(23)24/h3-10,12H,11H2,1-2H3,(H3,23,24)(H,25,27)(H,26,28). The Morgan fingerprint density at radius 1 is 1.20 bits per heavy atom. The summed E-state index contributed by atoms with van der Waals surface area (Å²) >= 11 is -2.51. The average molecular weight is 436 g/mol. The Morgan fingerprint density at radius 2 is 1.83 bits per heavy atom. The number of amides is 2. The average Bonchev–Trinajstić information content (AvgIpc) is 2.66. The van der Waals surface area contributed by atoms with E-state index in [-0.39, 0.29) is 10.7 Å². The number of nitrogens with two attached hydrogens (primary N) is 1. The summed E-state index contributed by atoms with van der Waals surface area (Å²) < 4.78 is 38.4. The van der Waals surface area contributed by atoms with Crippen molar-refractivity contribution in [2.45, 2.75) is 36.5 Å². The van der Waals surface area contributed by atoms with Gasteiger partial charge in [0.15, 0.2) is 4.90 Å². The molecule has 0 saturated carbocycles. The van der Waals surface area contributed by atoms with E-state index in [0.29, 0.717) is 23.7 Å². The molecule has 0 saturated heterocycles. The Kier molecular flexibility index (Phi) is 7.52. The molecule has 30 heavy (non-hydrogen) atoms. The lowest BCUT2D eigenvalue weighted by Gasteiger charge is -2.19. The number of anilines is 1. The molecule has 2 aromatic carbocycles. The Bertz CT molecular complexity index is 932. The molecule has 0 aliphatic rings. The van der Waals surface area contributed by atoms with Crippen molar-refractivity contribution in [3.05, 3.63) is 59.7 Å². The molecule has 2 aromatic rings. The summed E-state index contributed by atoms with van der Waals surface area (Å²) in [6.07, 6.45) is -0.447. The number of nitrogen functional groups attached to an aromatic ring is 1. The van der Waals surface area contributed by atoms with Gasteiger partial charge in [-0.05, 0) is 48.9 Å². The number of benzene rings is 2. The molecule has 0 fully saturated rings. The summed E-state index contributed by atoms with van der Waals surface area (Å²) in [5, 5.41) is 9.11. The second-order valence-electron chi connectivity index (χ2n) is 6.65. The zero-order chi connectivity index (χ0) is 22.5. The number of carbonyl (C=O) groups excluding carboxylic acids is 2. The fourth-order valence-corrected chi connectivity index (χ4v) is 3.43. The van der Waals surface area contributed by atoms with Crippen LogP contribution in [0.4, 0.5) is 14.5 Å². The third-order valence-electron chi connectivity index (χ3n) is 4.08. The molecule has 0 aliphatic carbocycles. The van der Waals surface area contributed by atoms with Crippen molar-refractivity contribution < 1.29 is 22.9 Å². The molecular weight excluding hydrogens is 414 g/mol. The van der Waals surface area contributed by atoms with Gasteiger partial charge in [0.2, 0.25) is 11.8 Å². The van der Waals surface area contributed by atoms with E-state index in [4.69, 9.17) is 11.1 Å². The summed E-state index contributed by atoms with van der Waals surface area (Å²) in [5.41, 5.74) is 6.80. The van der Waals surface area contributed by atoms with E-state index in [1.54, 1.807) is 37.3 Å². The lowest BCUT2D eigenvalue weighted by Crippen LogP contribution is -2.30. The minimum Gasteiger partial charge on any atom is -0.607 e. The van der Waals surface area contributed by atoms with Crippen LogP contribution in [0.5, 0.6) is 0 Å². The highest BCUT2D eigenvalue weighted by Crippen LogP contribution is 2.29. The van der Waals surface area contributed by atoms with E-state index in [1.807, 2.05) is 0 Å². The lowest BCUT2D eigenvalue weighted by atomic mass is 10.1. The summed E-state index contributed by atoms with van der Waals surface area (Å²) in [5.74, 6) is -1.21. The van der Waals surface area contributed by atoms with Gasteiger partial charge in [-0.25, -0.2) is 0 Å². The molecule has 0 bridgehead atoms. The molecule has 2 rings (SSSR count). The first kappa shape index (κ1) is 23.3. The van der Waals surface area contributed by atoms with E-state index < -0.39 is 40.7 Å². The number of halogens is 2. The van der Waals surface area contributed by atoms with Crippen LogP contribution < -0.4 is 16.4 Å². The highest BCUT2D eigenvalue weighted by atomic mass is 32.2. The van der Waals surface area contributed by atoms with Gasteiger partial charge in [0.05, 0.1) is 24.1 Å². The molecule has 0 aliphatic heterocycles. The van der Waals surface area contributed by atoms with Crippen molar-refractivity contribution in [2.75, 3.05) is 5.32 Å². The second-order valence-corrected chi connectivity index (χ2v) is 8.38. The molecule has 0 aromatic heterocycles. The van der Waals surface area contributed by atoms with E-state index >= 15 is 0 Å². The van der Waals surface area contributed by atoms with Gasteiger partial charge in [0, 0.05) is 11.3 Å². The predicted molar refractivity (Wildman–Crippen MR) is 111 cm³/mol. The molecule has 2 atom stereocenters. The van der Waals surface area contributed by atoms with Crippen LogP contribution in [-0.2, 0) is 20.8 Å². The quantitative estimate of drug-likeness (QED) is 0.219. The molecule has 5 N–H and O–H groups in total. The van der Waals surface area contributed by atoms with Crippen LogP contribution in [0.25, 0.3) is 0 Å². The van der Waals surface area contributed by atoms with Gasteiger partial charge >= 0.3 is 5.25 Å². The molecule has 0 heterocycles. The van der Waals surface area contributed by atoms with Gasteiger partial charge < -0.3 is 20.9 Å². The van der Waals surface area contributed by atoms with Gasteiger partial charge in [-0.15, -0.1) is 0 Å². The fourth-order valence-electron chi connectivity index (χ4n) is 2.57. The van der Waals surface area contributed by atoms with Crippen molar-refractivity contribution in [1.29, 1.82) is 5.41 Å². The maximum absolute atomic E-state index is 13.3. The summed E-state index contributed by atoms with van der Waals surface area (Å²) in [7, 11) is 0. The molecule has 10 heteroatoms. The molecule has 7 nitrogen and oxygen atoms in total. The van der Waals surface area contributed by atoms with Crippen molar-refractivity contribution in [1.82, 2.24) is 5.32 Å². The van der Waals surface area contributed by atoms with E-state index in [0.717, 1.165) is 0 Å². The maximum atomic E-state index is 13.3. The van der Waals surface area contributed by atoms with Gasteiger partial charge in [-0.2, -0.15) is 8.78 Å². The summed E-state index contributed by atoms with van der Waals surface area (Å²) in [6, 6.07) is 11.4. The Hall–Kier alpha value is -2.98. The number of nitrogens with one attached hydrogen (secondary N) is 3. The number of amidine groups is 1. The van der Waals surface area contributed by atoms with Crippen molar-refractivity contribution in [3.8, 4) is 0 Å². The molecule has 2 amide bonds. The molecular formula is C20H22F2N4O3S. The number of hydrogen-bond acceptors (Lipinski definition) is 4. The van der Waals surface area contributed by atoms with E-state index in [2.05, 4.69) is 10.6 Å². The minimum atomic E-state index is -3.38. The monoisotopic (exact) mass is 436 g/mol. The Balaban J connectivity index is 1.94. The summed E-state index contributed by atoms with van der Waals surface area (Å²) in [6.45, 7) is 2.20. The predicted octanol–water partition coefficient (Wildman–Crippen LogP) is 2.90. The highest BCUT2D eigenvalue weighted by molar-refractivity contribution is 7.92. The Morgan fingerprint density at radius 3 is 2.40 bits per heavy atom. The first-order valence-electron chi connectivity index (χ1n) is 8.90. The van der Waals surface area contributed by atoms with Gasteiger partial charge in [0.1, 0.15) is 12.3 Å². The van der Waals surface area contributed by atoms with Crippen LogP contribution in [0.2, 0.25) is 0 Å². The van der Waals surface area contributed by atoms with Crippen LogP contribution in [-0.4, -0.2) is 27.5 Å². The zero-order valence-corrected chi connectivity index (χ0v) is 17.2. The number of hydrogen-bond donors (Lipinski definition) is 4. The number of alkyl halides is 2. The first-order chi connectivity index (χ1) is 14.0. The molecule has 160 valence electrons. The molecule has 2 unspecified atom stereocenters. The topological polar surface area (TPSA) is 131 Å². The third kappa shape index (κ3) is 6.53. The first-order valence-corrected chi connectivity index (χ1v) is 10.1. The number of rotatable bonds is 8. The Labute approximate surface area is 175 Å². The third-order valence-corrected chi connectivity index (χ3v) is 5.41. The van der Waals surface area contributed by atoms with Crippen molar-refractivity contribution in [3.63, 3.8) is 0 Å². The fraction of sp³-hybridized carbons (Fsp3) is 0.250. The van der Waals surface area contributed by atoms with Crippen LogP contribution in [0.15, 0.2) is 53.4 Å². The normalized spacial score (nSPS) is 13.2. The van der Waals surface area contributed by atoms with Gasteiger partial charge in [-0.1, -0.05) is 12.1 Å². The largest absolute Gasteiger partial charge is 0.607 e. The van der Waals surface area contributed by atoms with Gasteiger partial charge in [0.25, 0.3) is 0 Å². The van der Waals surface area contributed by atoms with Crippen molar-refractivity contribution >= 4 is 34.5 Å².